The van der Waals surface area contributed by atoms with Crippen molar-refractivity contribution in [3.8, 4) is 0 Å². The van der Waals surface area contributed by atoms with Crippen LogP contribution >= 0.6 is 11.8 Å². The fraction of sp³-hybridized carbons (Fsp3) is 0.933. The molecule has 108 valence electrons. The van der Waals surface area contributed by atoms with Crippen LogP contribution in [0.15, 0.2) is 4.99 Å². The fourth-order valence-electron chi connectivity index (χ4n) is 3.60. The highest BCUT2D eigenvalue weighted by Gasteiger charge is 2.39. The van der Waals surface area contributed by atoms with Crippen molar-refractivity contribution in [2.75, 3.05) is 25.4 Å². The smallest absolute Gasteiger partial charge is 0.157 e. The van der Waals surface area contributed by atoms with Crippen molar-refractivity contribution in [1.82, 2.24) is 10.2 Å². The lowest BCUT2D eigenvalue weighted by Crippen LogP contribution is -2.40. The van der Waals surface area contributed by atoms with Gasteiger partial charge in [0, 0.05) is 30.4 Å². The summed E-state index contributed by atoms with van der Waals surface area (Å²) in [7, 11) is 0. The summed E-state index contributed by atoms with van der Waals surface area (Å²) in [6, 6.07) is 0.693. The molecule has 1 atom stereocenters. The van der Waals surface area contributed by atoms with Crippen molar-refractivity contribution in [2.24, 2.45) is 10.9 Å². The maximum Gasteiger partial charge on any atom is 0.157 e. The number of nitrogens with one attached hydrogen (secondary N) is 1. The molecule has 0 radical (unpaired) electrons. The molecule has 3 nitrogen and oxygen atoms in total. The van der Waals surface area contributed by atoms with Crippen molar-refractivity contribution in [3.63, 3.8) is 0 Å². The molecule has 3 aliphatic rings. The summed E-state index contributed by atoms with van der Waals surface area (Å²) < 4.78 is 0. The van der Waals surface area contributed by atoms with Gasteiger partial charge in [-0.05, 0) is 45.6 Å². The third-order valence-corrected chi connectivity index (χ3v) is 6.16. The van der Waals surface area contributed by atoms with Gasteiger partial charge in [0.2, 0.25) is 0 Å². The van der Waals surface area contributed by atoms with Gasteiger partial charge in [-0.3, -0.25) is 4.99 Å². The van der Waals surface area contributed by atoms with E-state index in [-0.39, 0.29) is 0 Å². The Morgan fingerprint density at radius 3 is 2.89 bits per heavy atom. The fourth-order valence-corrected chi connectivity index (χ4v) is 4.83. The average molecular weight is 281 g/mol. The highest BCUT2D eigenvalue weighted by atomic mass is 32.2. The van der Waals surface area contributed by atoms with Crippen LogP contribution in [-0.2, 0) is 0 Å². The van der Waals surface area contributed by atoms with Gasteiger partial charge in [-0.1, -0.05) is 24.6 Å². The molecular weight excluding hydrogens is 254 g/mol. The standard InChI is InChI=1S/C15H27N3S/c1-12(2)18-8-5-13(10-18)9-16-14-17-15(11-19-14)6-3-4-7-15/h12-13H,3-11H2,1-2H3,(H,16,17). The van der Waals surface area contributed by atoms with Crippen LogP contribution in [0.25, 0.3) is 0 Å². The van der Waals surface area contributed by atoms with Crippen molar-refractivity contribution in [1.29, 1.82) is 0 Å². The molecule has 19 heavy (non-hydrogen) atoms. The van der Waals surface area contributed by atoms with E-state index in [0.29, 0.717) is 11.6 Å². The molecule has 1 unspecified atom stereocenters. The Labute approximate surface area is 121 Å². The summed E-state index contributed by atoms with van der Waals surface area (Å²) in [6.45, 7) is 8.12. The van der Waals surface area contributed by atoms with E-state index in [1.54, 1.807) is 0 Å². The predicted octanol–water partition coefficient (Wildman–Crippen LogP) is 2.72. The first-order valence-electron chi connectivity index (χ1n) is 7.86. The average Bonchev–Trinajstić information content (AvgIpc) is 3.10. The third-order valence-electron chi connectivity index (χ3n) is 4.96. The molecule has 1 spiro atoms. The summed E-state index contributed by atoms with van der Waals surface area (Å²) in [5, 5.41) is 4.95. The molecule has 3 fully saturated rings. The van der Waals surface area contributed by atoms with Crippen LogP contribution in [0.5, 0.6) is 0 Å². The summed E-state index contributed by atoms with van der Waals surface area (Å²) in [5.74, 6) is 2.02. The van der Waals surface area contributed by atoms with E-state index < -0.39 is 0 Å². The van der Waals surface area contributed by atoms with Gasteiger partial charge in [0.25, 0.3) is 0 Å². The van der Waals surface area contributed by atoms with E-state index in [1.807, 2.05) is 11.8 Å². The van der Waals surface area contributed by atoms with Crippen LogP contribution < -0.4 is 5.32 Å². The Bertz CT molecular complexity index is 347. The lowest BCUT2D eigenvalue weighted by molar-refractivity contribution is 0.266. The lowest BCUT2D eigenvalue weighted by Gasteiger charge is -2.22. The van der Waals surface area contributed by atoms with E-state index in [2.05, 4.69) is 24.1 Å². The quantitative estimate of drug-likeness (QED) is 0.862. The molecule has 0 amide bonds. The molecule has 1 N–H and O–H groups in total. The molecule has 0 bridgehead atoms. The van der Waals surface area contributed by atoms with Gasteiger partial charge in [0.1, 0.15) is 0 Å². The van der Waals surface area contributed by atoms with Gasteiger partial charge in [-0.2, -0.15) is 0 Å². The topological polar surface area (TPSA) is 27.6 Å². The van der Waals surface area contributed by atoms with Crippen LogP contribution in [-0.4, -0.2) is 47.0 Å². The second kappa shape index (κ2) is 5.65. The minimum Gasteiger partial charge on any atom is -0.359 e. The zero-order valence-corrected chi connectivity index (χ0v) is 13.1. The van der Waals surface area contributed by atoms with Crippen molar-refractivity contribution < 1.29 is 0 Å². The first-order valence-corrected chi connectivity index (χ1v) is 8.85. The van der Waals surface area contributed by atoms with Crippen LogP contribution in [0, 0.1) is 5.92 Å². The summed E-state index contributed by atoms with van der Waals surface area (Å²) in [5.41, 5.74) is 0.420. The second-order valence-corrected chi connectivity index (χ2v) is 7.75. The van der Waals surface area contributed by atoms with E-state index in [9.17, 15) is 0 Å². The van der Waals surface area contributed by atoms with Gasteiger partial charge in [-0.25, -0.2) is 0 Å². The van der Waals surface area contributed by atoms with Gasteiger partial charge >= 0.3 is 0 Å². The van der Waals surface area contributed by atoms with Crippen molar-refractivity contribution in [3.05, 3.63) is 0 Å². The minimum atomic E-state index is 0.420. The van der Waals surface area contributed by atoms with Crippen LogP contribution in [0.3, 0.4) is 0 Å². The zero-order valence-electron chi connectivity index (χ0n) is 12.3. The zero-order chi connectivity index (χ0) is 13.3. The maximum absolute atomic E-state index is 4.86. The number of rotatable bonds is 3. The summed E-state index contributed by atoms with van der Waals surface area (Å²) >= 11 is 1.95. The Hall–Kier alpha value is -0.220. The monoisotopic (exact) mass is 281 g/mol. The van der Waals surface area contributed by atoms with E-state index >= 15 is 0 Å². The Morgan fingerprint density at radius 2 is 2.21 bits per heavy atom. The van der Waals surface area contributed by atoms with Crippen LogP contribution in [0.2, 0.25) is 0 Å². The highest BCUT2D eigenvalue weighted by molar-refractivity contribution is 8.14. The first kappa shape index (κ1) is 13.7. The van der Waals surface area contributed by atoms with Crippen molar-refractivity contribution >= 4 is 16.9 Å². The minimum absolute atomic E-state index is 0.420. The van der Waals surface area contributed by atoms with Gasteiger partial charge in [0.05, 0.1) is 0 Å². The Kier molecular flexibility index (Phi) is 4.08. The molecule has 0 aromatic carbocycles. The largest absolute Gasteiger partial charge is 0.359 e. The number of likely N-dealkylation sites (tertiary alicyclic amines) is 1. The predicted molar refractivity (Wildman–Crippen MR) is 83.9 cm³/mol. The summed E-state index contributed by atoms with van der Waals surface area (Å²) in [4.78, 5) is 7.44. The number of aliphatic imine (C=N–C) groups is 1. The van der Waals surface area contributed by atoms with Crippen LogP contribution in [0.1, 0.15) is 46.0 Å². The molecule has 2 saturated heterocycles. The first-order chi connectivity index (χ1) is 9.17. The van der Waals surface area contributed by atoms with Crippen LogP contribution in [0.4, 0.5) is 0 Å². The number of amidine groups is 1. The lowest BCUT2D eigenvalue weighted by atomic mass is 10.0. The van der Waals surface area contributed by atoms with Gasteiger partial charge in [-0.15, -0.1) is 0 Å². The third kappa shape index (κ3) is 3.10. The van der Waals surface area contributed by atoms with Crippen molar-refractivity contribution in [2.45, 2.75) is 57.5 Å². The van der Waals surface area contributed by atoms with E-state index in [1.165, 1.54) is 56.1 Å². The molecule has 3 rings (SSSR count). The van der Waals surface area contributed by atoms with Gasteiger partial charge in [0.15, 0.2) is 5.17 Å². The molecule has 1 aliphatic carbocycles. The maximum atomic E-state index is 4.86. The highest BCUT2D eigenvalue weighted by Crippen LogP contribution is 2.37. The molecular formula is C15H27N3S. The number of hydrogen-bond donors (Lipinski definition) is 1. The summed E-state index contributed by atoms with van der Waals surface area (Å²) in [6.07, 6.45) is 6.82. The number of thioether (sulfide) groups is 1. The molecule has 0 aromatic rings. The number of nitrogens with zero attached hydrogens (tertiary/aromatic N) is 2. The number of hydrogen-bond acceptors (Lipinski definition) is 3. The second-order valence-electron chi connectivity index (χ2n) is 6.79. The molecule has 4 heteroatoms. The molecule has 1 saturated carbocycles. The Balaban J connectivity index is 1.48. The molecule has 2 heterocycles. The Morgan fingerprint density at radius 1 is 1.42 bits per heavy atom. The molecule has 0 aromatic heterocycles. The normalized spacial score (nSPS) is 32.8. The van der Waals surface area contributed by atoms with Gasteiger partial charge < -0.3 is 10.2 Å². The molecule has 2 aliphatic heterocycles. The van der Waals surface area contributed by atoms with E-state index in [4.69, 9.17) is 4.99 Å². The SMILES string of the molecule is CC(C)N1CCC(CN=C2NC3(CCCC3)CS2)C1. The van der Waals surface area contributed by atoms with E-state index in [0.717, 1.165) is 12.5 Å².